The molecule has 1 N–H and O–H groups in total. The summed E-state index contributed by atoms with van der Waals surface area (Å²) in [6.07, 6.45) is 0. The van der Waals surface area contributed by atoms with Crippen LogP contribution in [-0.2, 0) is 0 Å². The van der Waals surface area contributed by atoms with Crippen molar-refractivity contribution in [3.05, 3.63) is 30.0 Å². The lowest BCUT2D eigenvalue weighted by Gasteiger charge is -2.39. The summed E-state index contributed by atoms with van der Waals surface area (Å²) in [7, 11) is 0. The lowest BCUT2D eigenvalue weighted by Crippen LogP contribution is -2.49. The third-order valence-corrected chi connectivity index (χ3v) is 3.37. The third-order valence-electron chi connectivity index (χ3n) is 3.37. The van der Waals surface area contributed by atoms with E-state index in [4.69, 9.17) is 5.11 Å². The van der Waals surface area contributed by atoms with E-state index in [1.165, 1.54) is 0 Å². The van der Waals surface area contributed by atoms with Crippen LogP contribution >= 0.6 is 0 Å². The molecule has 4 heteroatoms. The number of hydrogen-bond acceptors (Lipinski definition) is 4. The first-order valence-corrected chi connectivity index (χ1v) is 5.87. The molecule has 17 heavy (non-hydrogen) atoms. The summed E-state index contributed by atoms with van der Waals surface area (Å²) in [5, 5.41) is 19.9. The van der Waals surface area contributed by atoms with Crippen molar-refractivity contribution in [1.29, 1.82) is 0 Å². The molecule has 4 nitrogen and oxygen atoms in total. The van der Waals surface area contributed by atoms with Crippen molar-refractivity contribution in [3.63, 3.8) is 0 Å². The van der Waals surface area contributed by atoms with Crippen LogP contribution in [0.4, 0.5) is 5.82 Å². The minimum absolute atomic E-state index is 0.258. The Kier molecular flexibility index (Phi) is 2.44. The van der Waals surface area contributed by atoms with E-state index in [-0.39, 0.29) is 6.61 Å². The number of anilines is 1. The van der Waals surface area contributed by atoms with Gasteiger partial charge in [0.05, 0.1) is 5.69 Å². The van der Waals surface area contributed by atoms with E-state index in [9.17, 15) is 0 Å². The zero-order valence-corrected chi connectivity index (χ0v) is 9.80. The van der Waals surface area contributed by atoms with Crippen LogP contribution < -0.4 is 4.90 Å². The largest absolute Gasteiger partial charge is 0.396 e. The van der Waals surface area contributed by atoms with E-state index >= 15 is 0 Å². The summed E-state index contributed by atoms with van der Waals surface area (Å²) in [5.74, 6) is 1.33. The van der Waals surface area contributed by atoms with Gasteiger partial charge in [-0.05, 0) is 6.92 Å². The van der Waals surface area contributed by atoms with Gasteiger partial charge in [0.2, 0.25) is 0 Å². The van der Waals surface area contributed by atoms with Gasteiger partial charge in [0.15, 0.2) is 5.82 Å². The molecule has 0 atom stereocenters. The highest BCUT2D eigenvalue weighted by atomic mass is 16.3. The van der Waals surface area contributed by atoms with E-state index in [1.807, 2.05) is 19.1 Å². The van der Waals surface area contributed by atoms with Gasteiger partial charge in [0.25, 0.3) is 0 Å². The van der Waals surface area contributed by atoms with Gasteiger partial charge in [-0.15, -0.1) is 5.10 Å². The van der Waals surface area contributed by atoms with Gasteiger partial charge in [-0.25, -0.2) is 0 Å². The molecule has 0 unspecified atom stereocenters. The fourth-order valence-electron chi connectivity index (χ4n) is 2.32. The van der Waals surface area contributed by atoms with Gasteiger partial charge in [-0.3, -0.25) is 0 Å². The molecule has 3 rings (SSSR count). The predicted molar refractivity (Wildman–Crippen MR) is 67.1 cm³/mol. The Morgan fingerprint density at radius 3 is 2.65 bits per heavy atom. The Morgan fingerprint density at radius 1 is 1.24 bits per heavy atom. The Morgan fingerprint density at radius 2 is 1.94 bits per heavy atom. The molecule has 88 valence electrons. The highest BCUT2D eigenvalue weighted by molar-refractivity contribution is 5.93. The summed E-state index contributed by atoms with van der Waals surface area (Å²) in [5.41, 5.74) is 0.962. The Balaban J connectivity index is 2.03. The van der Waals surface area contributed by atoms with Crippen LogP contribution in [0.3, 0.4) is 0 Å². The van der Waals surface area contributed by atoms with Crippen LogP contribution in [0.5, 0.6) is 0 Å². The zero-order valence-electron chi connectivity index (χ0n) is 9.80. The van der Waals surface area contributed by atoms with Crippen molar-refractivity contribution < 1.29 is 5.11 Å². The highest BCUT2D eigenvalue weighted by Gasteiger charge is 2.28. The van der Waals surface area contributed by atoms with Crippen LogP contribution in [0.25, 0.3) is 10.8 Å². The maximum absolute atomic E-state index is 9.05. The van der Waals surface area contributed by atoms with Crippen molar-refractivity contribution in [1.82, 2.24) is 10.2 Å². The molecule has 0 bridgehead atoms. The molecule has 0 spiro atoms. The SMILES string of the molecule is Cc1nnc(N2CC(CO)C2)c2ccccc12. The van der Waals surface area contributed by atoms with Gasteiger partial charge in [-0.2, -0.15) is 5.10 Å². The molecule has 1 saturated heterocycles. The van der Waals surface area contributed by atoms with Crippen molar-refractivity contribution in [3.8, 4) is 0 Å². The molecule has 2 heterocycles. The molecular weight excluding hydrogens is 214 g/mol. The lowest BCUT2D eigenvalue weighted by molar-refractivity contribution is 0.200. The number of fused-ring (bicyclic) bond motifs is 1. The smallest absolute Gasteiger partial charge is 0.159 e. The minimum Gasteiger partial charge on any atom is -0.396 e. The van der Waals surface area contributed by atoms with Crippen molar-refractivity contribution in [2.75, 3.05) is 24.6 Å². The molecule has 0 aliphatic carbocycles. The van der Waals surface area contributed by atoms with Gasteiger partial charge in [0, 0.05) is 36.4 Å². The lowest BCUT2D eigenvalue weighted by atomic mass is 10.0. The maximum Gasteiger partial charge on any atom is 0.159 e. The van der Waals surface area contributed by atoms with Gasteiger partial charge >= 0.3 is 0 Å². The molecule has 1 aromatic carbocycles. The third kappa shape index (κ3) is 1.65. The van der Waals surface area contributed by atoms with E-state index in [1.54, 1.807) is 0 Å². The van der Waals surface area contributed by atoms with E-state index < -0.39 is 0 Å². The van der Waals surface area contributed by atoms with Crippen LogP contribution in [-0.4, -0.2) is 35.0 Å². The van der Waals surface area contributed by atoms with Crippen LogP contribution in [0.2, 0.25) is 0 Å². The van der Waals surface area contributed by atoms with Gasteiger partial charge in [-0.1, -0.05) is 24.3 Å². The number of nitrogens with zero attached hydrogens (tertiary/aromatic N) is 3. The number of aromatic nitrogens is 2. The molecule has 2 aromatic rings. The number of benzene rings is 1. The number of rotatable bonds is 2. The molecule has 0 amide bonds. The topological polar surface area (TPSA) is 49.2 Å². The monoisotopic (exact) mass is 229 g/mol. The molecule has 0 saturated carbocycles. The van der Waals surface area contributed by atoms with Crippen LogP contribution in [0.1, 0.15) is 5.69 Å². The molecule has 1 aromatic heterocycles. The maximum atomic E-state index is 9.05. The number of aliphatic hydroxyl groups excluding tert-OH is 1. The summed E-state index contributed by atoms with van der Waals surface area (Å²) in [6.45, 7) is 3.98. The van der Waals surface area contributed by atoms with Crippen molar-refractivity contribution in [2.45, 2.75) is 6.92 Å². The fourth-order valence-corrected chi connectivity index (χ4v) is 2.32. The molecular formula is C13H15N3O. The average Bonchev–Trinajstić information content (AvgIpc) is 2.31. The van der Waals surface area contributed by atoms with Crippen molar-refractivity contribution in [2.24, 2.45) is 5.92 Å². The number of hydrogen-bond donors (Lipinski definition) is 1. The first-order valence-electron chi connectivity index (χ1n) is 5.87. The first-order chi connectivity index (χ1) is 8.29. The second kappa shape index (κ2) is 3.96. The summed E-state index contributed by atoms with van der Waals surface area (Å²) in [4.78, 5) is 2.18. The first kappa shape index (κ1) is 10.5. The van der Waals surface area contributed by atoms with Gasteiger partial charge in [0.1, 0.15) is 0 Å². The highest BCUT2D eigenvalue weighted by Crippen LogP contribution is 2.29. The Hall–Kier alpha value is -1.68. The van der Waals surface area contributed by atoms with Crippen molar-refractivity contribution >= 4 is 16.6 Å². The summed E-state index contributed by atoms with van der Waals surface area (Å²) in [6, 6.07) is 8.20. The molecule has 1 aliphatic heterocycles. The summed E-state index contributed by atoms with van der Waals surface area (Å²) < 4.78 is 0. The predicted octanol–water partition coefficient (Wildman–Crippen LogP) is 1.37. The van der Waals surface area contributed by atoms with Crippen LogP contribution in [0, 0.1) is 12.8 Å². The Labute approximate surface area is 99.9 Å². The average molecular weight is 229 g/mol. The van der Waals surface area contributed by atoms with E-state index in [0.29, 0.717) is 5.92 Å². The van der Waals surface area contributed by atoms with E-state index in [0.717, 1.165) is 35.4 Å². The fraction of sp³-hybridized carbons (Fsp3) is 0.385. The van der Waals surface area contributed by atoms with E-state index in [2.05, 4.69) is 27.2 Å². The summed E-state index contributed by atoms with van der Waals surface area (Å²) >= 11 is 0. The molecule has 0 radical (unpaired) electrons. The quantitative estimate of drug-likeness (QED) is 0.845. The Bertz CT molecular complexity index is 549. The number of aryl methyl sites for hydroxylation is 1. The zero-order chi connectivity index (χ0) is 11.8. The molecule has 1 fully saturated rings. The second-order valence-electron chi connectivity index (χ2n) is 4.61. The van der Waals surface area contributed by atoms with Gasteiger partial charge < -0.3 is 10.0 Å². The van der Waals surface area contributed by atoms with Crippen LogP contribution in [0.15, 0.2) is 24.3 Å². The second-order valence-corrected chi connectivity index (χ2v) is 4.61. The standard InChI is InChI=1S/C13H15N3O/c1-9-11-4-2-3-5-12(11)13(15-14-9)16-6-10(7-16)8-17/h2-5,10,17H,6-8H2,1H3. The minimum atomic E-state index is 0.258. The normalized spacial score (nSPS) is 16.2. The number of aliphatic hydroxyl groups is 1. The molecule has 1 aliphatic rings.